The lowest BCUT2D eigenvalue weighted by atomic mass is 10.1. The summed E-state index contributed by atoms with van der Waals surface area (Å²) < 4.78 is 1.82. The highest BCUT2D eigenvalue weighted by molar-refractivity contribution is 5.94. The molecule has 0 amide bonds. The minimum absolute atomic E-state index is 0.222. The summed E-state index contributed by atoms with van der Waals surface area (Å²) >= 11 is 0. The van der Waals surface area contributed by atoms with Crippen molar-refractivity contribution in [3.63, 3.8) is 0 Å². The second-order valence-corrected chi connectivity index (χ2v) is 5.24. The van der Waals surface area contributed by atoms with Crippen LogP contribution in [0.4, 0.5) is 5.82 Å². The Morgan fingerprint density at radius 3 is 2.52 bits per heavy atom. The number of carbonyl (C=O) groups is 1. The van der Waals surface area contributed by atoms with E-state index in [4.69, 9.17) is 0 Å². The molecule has 0 aliphatic heterocycles. The lowest BCUT2D eigenvalue weighted by Gasteiger charge is -2.12. The van der Waals surface area contributed by atoms with E-state index < -0.39 is 5.97 Å². The highest BCUT2D eigenvalue weighted by Gasteiger charge is 2.17. The Kier molecular flexibility index (Phi) is 3.97. The third-order valence-corrected chi connectivity index (χ3v) is 3.65. The zero-order valence-corrected chi connectivity index (χ0v) is 13.0. The minimum Gasteiger partial charge on any atom is -0.478 e. The summed E-state index contributed by atoms with van der Waals surface area (Å²) in [5.41, 5.74) is 4.77. The molecule has 2 aromatic heterocycles. The van der Waals surface area contributed by atoms with E-state index in [9.17, 15) is 9.90 Å². The maximum Gasteiger partial charge on any atom is 0.339 e. The van der Waals surface area contributed by atoms with E-state index in [1.165, 1.54) is 0 Å². The molecule has 6 heteroatoms. The molecule has 0 unspecified atom stereocenters. The molecular weight excluding hydrogens is 268 g/mol. The summed E-state index contributed by atoms with van der Waals surface area (Å²) in [6.45, 7) is 8.07. The summed E-state index contributed by atoms with van der Waals surface area (Å²) in [5.74, 6) is -0.565. The number of hydrogen-bond donors (Lipinski definition) is 2. The summed E-state index contributed by atoms with van der Waals surface area (Å²) in [6, 6.07) is 1.77. The maximum atomic E-state index is 11.4. The number of aromatic nitrogens is 3. The number of aryl methyl sites for hydroxylation is 4. The lowest BCUT2D eigenvalue weighted by Crippen LogP contribution is -2.12. The van der Waals surface area contributed by atoms with E-state index in [1.807, 2.05) is 32.5 Å². The molecule has 21 heavy (non-hydrogen) atoms. The van der Waals surface area contributed by atoms with E-state index in [-0.39, 0.29) is 5.56 Å². The van der Waals surface area contributed by atoms with Gasteiger partial charge in [-0.3, -0.25) is 4.68 Å². The quantitative estimate of drug-likeness (QED) is 0.902. The molecule has 2 heterocycles. The van der Waals surface area contributed by atoms with Gasteiger partial charge in [-0.1, -0.05) is 0 Å². The fourth-order valence-electron chi connectivity index (χ4n) is 2.48. The number of carboxylic acid groups (broad SMARTS) is 1. The second-order valence-electron chi connectivity index (χ2n) is 5.24. The van der Waals surface area contributed by atoms with Crippen molar-refractivity contribution < 1.29 is 9.90 Å². The van der Waals surface area contributed by atoms with Crippen molar-refractivity contribution >= 4 is 11.8 Å². The molecule has 0 saturated carbocycles. The first-order chi connectivity index (χ1) is 9.81. The van der Waals surface area contributed by atoms with Crippen molar-refractivity contribution in [2.75, 3.05) is 5.32 Å². The van der Waals surface area contributed by atoms with Crippen LogP contribution >= 0.6 is 0 Å². The van der Waals surface area contributed by atoms with Crippen LogP contribution < -0.4 is 5.32 Å². The molecule has 0 aliphatic rings. The molecule has 0 atom stereocenters. The third-order valence-electron chi connectivity index (χ3n) is 3.65. The Labute approximate surface area is 123 Å². The number of anilines is 1. The van der Waals surface area contributed by atoms with Gasteiger partial charge in [0, 0.05) is 30.5 Å². The Balaban J connectivity index is 2.34. The van der Waals surface area contributed by atoms with Crippen molar-refractivity contribution in [1.29, 1.82) is 0 Å². The van der Waals surface area contributed by atoms with Crippen molar-refractivity contribution in [1.82, 2.24) is 14.8 Å². The molecule has 2 N–H and O–H groups in total. The predicted molar refractivity (Wildman–Crippen MR) is 80.7 cm³/mol. The number of nitrogens with zero attached hydrogens (tertiary/aromatic N) is 3. The zero-order valence-electron chi connectivity index (χ0n) is 13.0. The fraction of sp³-hybridized carbons (Fsp3) is 0.400. The van der Waals surface area contributed by atoms with Crippen LogP contribution in [0.3, 0.4) is 0 Å². The molecular formula is C15H20N4O2. The Morgan fingerprint density at radius 2 is 2.00 bits per heavy atom. The molecule has 0 fully saturated rings. The van der Waals surface area contributed by atoms with E-state index in [0.717, 1.165) is 22.6 Å². The van der Waals surface area contributed by atoms with Gasteiger partial charge < -0.3 is 10.4 Å². The van der Waals surface area contributed by atoms with Gasteiger partial charge in [0.15, 0.2) is 0 Å². The first kappa shape index (κ1) is 15.0. The van der Waals surface area contributed by atoms with Crippen LogP contribution in [0.15, 0.2) is 6.07 Å². The van der Waals surface area contributed by atoms with Gasteiger partial charge in [-0.2, -0.15) is 5.10 Å². The number of aromatic carboxylic acids is 1. The second kappa shape index (κ2) is 5.55. The highest BCUT2D eigenvalue weighted by atomic mass is 16.4. The smallest absolute Gasteiger partial charge is 0.339 e. The summed E-state index contributed by atoms with van der Waals surface area (Å²) in [5, 5.41) is 16.8. The molecule has 6 nitrogen and oxygen atoms in total. The van der Waals surface area contributed by atoms with Crippen molar-refractivity contribution in [2.45, 2.75) is 34.2 Å². The molecule has 0 radical (unpaired) electrons. The van der Waals surface area contributed by atoms with Gasteiger partial charge in [-0.15, -0.1) is 0 Å². The first-order valence-electron chi connectivity index (χ1n) is 6.75. The molecule has 0 aromatic carbocycles. The van der Waals surface area contributed by atoms with Crippen LogP contribution in [0.25, 0.3) is 0 Å². The average molecular weight is 288 g/mol. The molecule has 0 bridgehead atoms. The van der Waals surface area contributed by atoms with Crippen molar-refractivity contribution in [3.05, 3.63) is 39.8 Å². The molecule has 2 aromatic rings. The van der Waals surface area contributed by atoms with Crippen LogP contribution in [0.2, 0.25) is 0 Å². The molecule has 0 spiro atoms. The number of nitrogens with one attached hydrogen (secondary N) is 1. The number of hydrogen-bond acceptors (Lipinski definition) is 4. The summed E-state index contributed by atoms with van der Waals surface area (Å²) in [4.78, 5) is 15.7. The topological polar surface area (TPSA) is 80.0 Å². The first-order valence-corrected chi connectivity index (χ1v) is 6.75. The maximum absolute atomic E-state index is 11.4. The standard InChI is InChI=1S/C15H20N4O2/c1-8-6-9(2)17-14(13(8)15(20)21)16-7-12-10(3)18-19(5)11(12)4/h6H,7H2,1-5H3,(H,16,17)(H,20,21). The number of carboxylic acids is 1. The van der Waals surface area contributed by atoms with Crippen LogP contribution in [0.1, 0.15) is 38.6 Å². The van der Waals surface area contributed by atoms with E-state index >= 15 is 0 Å². The monoisotopic (exact) mass is 288 g/mol. The van der Waals surface area contributed by atoms with Gasteiger partial charge in [0.25, 0.3) is 0 Å². The molecule has 0 saturated heterocycles. The SMILES string of the molecule is Cc1cc(C)c(C(=O)O)c(NCc2c(C)nn(C)c2C)n1. The Hall–Kier alpha value is -2.37. The van der Waals surface area contributed by atoms with Gasteiger partial charge in [-0.05, 0) is 39.3 Å². The van der Waals surface area contributed by atoms with Crippen molar-refractivity contribution in [2.24, 2.45) is 7.05 Å². The van der Waals surface area contributed by atoms with Gasteiger partial charge in [-0.25, -0.2) is 9.78 Å². The largest absolute Gasteiger partial charge is 0.478 e. The van der Waals surface area contributed by atoms with Gasteiger partial charge in [0.05, 0.1) is 5.69 Å². The van der Waals surface area contributed by atoms with Crippen LogP contribution in [-0.4, -0.2) is 25.8 Å². The minimum atomic E-state index is -0.970. The van der Waals surface area contributed by atoms with Gasteiger partial charge in [0.1, 0.15) is 11.4 Å². The lowest BCUT2D eigenvalue weighted by molar-refractivity contribution is 0.0697. The Bertz CT molecular complexity index is 704. The summed E-state index contributed by atoms with van der Waals surface area (Å²) in [6.07, 6.45) is 0. The van der Waals surface area contributed by atoms with Crippen molar-refractivity contribution in [3.8, 4) is 0 Å². The van der Waals surface area contributed by atoms with Crippen LogP contribution in [0, 0.1) is 27.7 Å². The fourth-order valence-corrected chi connectivity index (χ4v) is 2.48. The van der Waals surface area contributed by atoms with Crippen LogP contribution in [-0.2, 0) is 13.6 Å². The van der Waals surface area contributed by atoms with E-state index in [2.05, 4.69) is 15.4 Å². The van der Waals surface area contributed by atoms with Gasteiger partial charge in [0.2, 0.25) is 0 Å². The molecule has 112 valence electrons. The van der Waals surface area contributed by atoms with Gasteiger partial charge >= 0.3 is 5.97 Å². The van der Waals surface area contributed by atoms with E-state index in [0.29, 0.717) is 17.9 Å². The third kappa shape index (κ3) is 2.89. The number of rotatable bonds is 4. The van der Waals surface area contributed by atoms with Crippen LogP contribution in [0.5, 0.6) is 0 Å². The average Bonchev–Trinajstić information content (AvgIpc) is 2.59. The molecule has 0 aliphatic carbocycles. The normalized spacial score (nSPS) is 10.7. The number of pyridine rings is 1. The predicted octanol–water partition coefficient (Wildman–Crippen LogP) is 2.36. The zero-order chi connectivity index (χ0) is 15.7. The van der Waals surface area contributed by atoms with E-state index in [1.54, 1.807) is 13.0 Å². The highest BCUT2D eigenvalue weighted by Crippen LogP contribution is 2.21. The molecule has 2 rings (SSSR count). The Morgan fingerprint density at radius 1 is 1.33 bits per heavy atom. The summed E-state index contributed by atoms with van der Waals surface area (Å²) in [7, 11) is 1.89.